The molecule has 1 amide bonds. The van der Waals surface area contributed by atoms with Crippen molar-refractivity contribution in [3.8, 4) is 0 Å². The highest BCUT2D eigenvalue weighted by Crippen LogP contribution is 2.28. The molecule has 172 valence electrons. The summed E-state index contributed by atoms with van der Waals surface area (Å²) >= 11 is 1.80. The smallest absolute Gasteiger partial charge is 0.253 e. The molecule has 0 aliphatic carbocycles. The highest BCUT2D eigenvalue weighted by atomic mass is 32.2. The second kappa shape index (κ2) is 9.57. The Morgan fingerprint density at radius 3 is 2.66 bits per heavy atom. The van der Waals surface area contributed by atoms with Gasteiger partial charge in [0.05, 0.1) is 0 Å². The van der Waals surface area contributed by atoms with Crippen molar-refractivity contribution in [2.45, 2.75) is 31.4 Å². The van der Waals surface area contributed by atoms with E-state index in [2.05, 4.69) is 21.8 Å². The number of aryl methyl sites for hydroxylation is 1. The Hall–Kier alpha value is -1.83. The molecule has 4 heterocycles. The molecule has 7 heteroatoms. The van der Waals surface area contributed by atoms with Crippen molar-refractivity contribution < 1.29 is 4.79 Å². The summed E-state index contributed by atoms with van der Waals surface area (Å²) in [6, 6.07) is 5.79. The molecule has 0 spiro atoms. The van der Waals surface area contributed by atoms with Crippen LogP contribution >= 0.6 is 11.8 Å². The van der Waals surface area contributed by atoms with Crippen LogP contribution in [-0.4, -0.2) is 84.2 Å². The average molecular weight is 455 g/mol. The first-order valence-corrected chi connectivity index (χ1v) is 13.2. The predicted octanol–water partition coefficient (Wildman–Crippen LogP) is 2.81. The van der Waals surface area contributed by atoms with Crippen molar-refractivity contribution in [3.63, 3.8) is 0 Å². The summed E-state index contributed by atoms with van der Waals surface area (Å²) in [5, 5.41) is 1.04. The van der Waals surface area contributed by atoms with Crippen molar-refractivity contribution in [1.29, 1.82) is 0 Å². The van der Waals surface area contributed by atoms with E-state index in [0.717, 1.165) is 84.2 Å². The molecule has 0 bridgehead atoms. The number of benzene rings is 1. The van der Waals surface area contributed by atoms with Crippen LogP contribution in [0.4, 0.5) is 0 Å². The van der Waals surface area contributed by atoms with Gasteiger partial charge in [0.25, 0.3) is 11.5 Å². The van der Waals surface area contributed by atoms with Crippen LogP contribution in [0.3, 0.4) is 0 Å². The summed E-state index contributed by atoms with van der Waals surface area (Å²) in [5.74, 6) is 2.77. The largest absolute Gasteiger partial charge is 0.336 e. The number of pyridine rings is 1. The van der Waals surface area contributed by atoms with Gasteiger partial charge >= 0.3 is 0 Å². The van der Waals surface area contributed by atoms with Gasteiger partial charge in [-0.25, -0.2) is 0 Å². The molecule has 5 rings (SSSR count). The number of nitrogens with zero attached hydrogens (tertiary/aromatic N) is 3. The number of piperazine rings is 1. The molecule has 0 unspecified atom stereocenters. The molecule has 1 N–H and O–H groups in total. The van der Waals surface area contributed by atoms with Crippen LogP contribution in [0.15, 0.2) is 23.0 Å². The minimum Gasteiger partial charge on any atom is -0.336 e. The number of H-pyrrole nitrogens is 1. The summed E-state index contributed by atoms with van der Waals surface area (Å²) in [6.45, 7) is 7.14. The number of hydrogen-bond donors (Lipinski definition) is 1. The van der Waals surface area contributed by atoms with Gasteiger partial charge in [-0.3, -0.25) is 14.5 Å². The number of carbonyl (C=O) groups is 1. The molecule has 32 heavy (non-hydrogen) atoms. The standard InChI is InChI=1S/C25H34N4O2S/c1-27-8-4-18(5-9-27)6-10-28-11-13-29(14-12-28)25(31)19-2-3-23-21(16-19)20-7-15-32-17-22(20)24(30)26-23/h2-3,16,18H,4-15,17H2,1H3,(H,26,30). The maximum Gasteiger partial charge on any atom is 0.253 e. The molecule has 0 saturated carbocycles. The highest BCUT2D eigenvalue weighted by molar-refractivity contribution is 7.98. The zero-order valence-corrected chi connectivity index (χ0v) is 19.9. The van der Waals surface area contributed by atoms with Gasteiger partial charge in [0, 0.05) is 54.0 Å². The fourth-order valence-corrected chi connectivity index (χ4v) is 6.40. The summed E-state index contributed by atoms with van der Waals surface area (Å²) in [6.07, 6.45) is 4.83. The zero-order chi connectivity index (χ0) is 22.1. The highest BCUT2D eigenvalue weighted by Gasteiger charge is 2.24. The molecular weight excluding hydrogens is 420 g/mol. The lowest BCUT2D eigenvalue weighted by molar-refractivity contribution is 0.0624. The molecule has 0 radical (unpaired) electrons. The molecule has 1 aromatic heterocycles. The Morgan fingerprint density at radius 2 is 1.88 bits per heavy atom. The summed E-state index contributed by atoms with van der Waals surface area (Å²) < 4.78 is 0. The van der Waals surface area contributed by atoms with Crippen molar-refractivity contribution in [3.05, 3.63) is 45.2 Å². The maximum atomic E-state index is 13.2. The summed E-state index contributed by atoms with van der Waals surface area (Å²) in [4.78, 5) is 35.6. The summed E-state index contributed by atoms with van der Waals surface area (Å²) in [5.41, 5.74) is 3.63. The van der Waals surface area contributed by atoms with Gasteiger partial charge in [0.2, 0.25) is 0 Å². The Balaban J connectivity index is 1.21. The van der Waals surface area contributed by atoms with Crippen LogP contribution in [0.1, 0.15) is 40.7 Å². The lowest BCUT2D eigenvalue weighted by Crippen LogP contribution is -2.49. The fourth-order valence-electron chi connectivity index (χ4n) is 5.39. The van der Waals surface area contributed by atoms with E-state index in [1.165, 1.54) is 32.4 Å². The van der Waals surface area contributed by atoms with E-state index in [1.807, 2.05) is 23.1 Å². The normalized spacial score (nSPS) is 21.1. The van der Waals surface area contributed by atoms with Crippen molar-refractivity contribution in [2.24, 2.45) is 5.92 Å². The Morgan fingerprint density at radius 1 is 1.09 bits per heavy atom. The molecule has 3 aliphatic rings. The number of aromatic amines is 1. The van der Waals surface area contributed by atoms with Crippen molar-refractivity contribution in [1.82, 2.24) is 19.7 Å². The third-order valence-corrected chi connectivity index (χ3v) is 8.56. The van der Waals surface area contributed by atoms with Crippen LogP contribution in [0.25, 0.3) is 10.9 Å². The van der Waals surface area contributed by atoms with Crippen LogP contribution in [0.5, 0.6) is 0 Å². The number of piperidine rings is 1. The lowest BCUT2D eigenvalue weighted by atomic mass is 9.93. The van der Waals surface area contributed by atoms with Gasteiger partial charge < -0.3 is 14.8 Å². The first-order valence-electron chi connectivity index (χ1n) is 12.0. The molecule has 2 saturated heterocycles. The Labute approximate surface area is 194 Å². The average Bonchev–Trinajstić information content (AvgIpc) is 2.84. The van der Waals surface area contributed by atoms with E-state index < -0.39 is 0 Å². The molecule has 3 aliphatic heterocycles. The zero-order valence-electron chi connectivity index (χ0n) is 19.1. The second-order valence-electron chi connectivity index (χ2n) is 9.64. The number of carbonyl (C=O) groups excluding carboxylic acids is 1. The molecular formula is C25H34N4O2S. The third-order valence-electron chi connectivity index (χ3n) is 7.57. The quantitative estimate of drug-likeness (QED) is 0.770. The summed E-state index contributed by atoms with van der Waals surface area (Å²) in [7, 11) is 2.22. The fraction of sp³-hybridized carbons (Fsp3) is 0.600. The molecule has 0 atom stereocenters. The first kappa shape index (κ1) is 22.0. The molecule has 2 fully saturated rings. The minimum atomic E-state index is 0.0233. The van der Waals surface area contributed by atoms with Crippen LogP contribution in [-0.2, 0) is 12.2 Å². The number of likely N-dealkylation sites (tertiary alicyclic amines) is 1. The van der Waals surface area contributed by atoms with Gasteiger partial charge in [-0.2, -0.15) is 11.8 Å². The van der Waals surface area contributed by atoms with E-state index in [0.29, 0.717) is 0 Å². The van der Waals surface area contributed by atoms with E-state index in [4.69, 9.17) is 0 Å². The maximum absolute atomic E-state index is 13.2. The van der Waals surface area contributed by atoms with Gasteiger partial charge in [-0.1, -0.05) is 0 Å². The number of thioether (sulfide) groups is 1. The van der Waals surface area contributed by atoms with Crippen LogP contribution in [0.2, 0.25) is 0 Å². The van der Waals surface area contributed by atoms with E-state index in [1.54, 1.807) is 11.8 Å². The number of hydrogen-bond acceptors (Lipinski definition) is 5. The van der Waals surface area contributed by atoms with Gasteiger partial charge in [0.1, 0.15) is 0 Å². The van der Waals surface area contributed by atoms with E-state index >= 15 is 0 Å². The first-order chi connectivity index (χ1) is 15.6. The molecule has 2 aromatic rings. The van der Waals surface area contributed by atoms with Crippen molar-refractivity contribution in [2.75, 3.05) is 58.6 Å². The number of rotatable bonds is 4. The molecule has 1 aromatic carbocycles. The number of nitrogens with one attached hydrogen (secondary N) is 1. The van der Waals surface area contributed by atoms with E-state index in [-0.39, 0.29) is 11.5 Å². The monoisotopic (exact) mass is 454 g/mol. The molecule has 6 nitrogen and oxygen atoms in total. The Kier molecular flexibility index (Phi) is 6.58. The minimum absolute atomic E-state index is 0.0233. The third kappa shape index (κ3) is 4.61. The number of aromatic nitrogens is 1. The van der Waals surface area contributed by atoms with Gasteiger partial charge in [0.15, 0.2) is 0 Å². The van der Waals surface area contributed by atoms with Crippen LogP contribution in [0, 0.1) is 5.92 Å². The van der Waals surface area contributed by atoms with Crippen molar-refractivity contribution >= 4 is 28.6 Å². The predicted molar refractivity (Wildman–Crippen MR) is 132 cm³/mol. The number of fused-ring (bicyclic) bond motifs is 3. The van der Waals surface area contributed by atoms with Gasteiger partial charge in [-0.05, 0) is 87.8 Å². The van der Waals surface area contributed by atoms with Crippen LogP contribution < -0.4 is 5.56 Å². The lowest BCUT2D eigenvalue weighted by Gasteiger charge is -2.36. The second-order valence-corrected chi connectivity index (χ2v) is 10.7. The topological polar surface area (TPSA) is 59.6 Å². The van der Waals surface area contributed by atoms with E-state index in [9.17, 15) is 9.59 Å². The SMILES string of the molecule is CN1CCC(CCN2CCN(C(=O)c3ccc4[nH]c(=O)c5c(c4c3)CCSC5)CC2)CC1. The Bertz CT molecular complexity index is 1040. The van der Waals surface area contributed by atoms with Gasteiger partial charge in [-0.15, -0.1) is 0 Å². The number of amides is 1.